The Hall–Kier alpha value is -2.83. The quantitative estimate of drug-likeness (QED) is 0.811. The van der Waals surface area contributed by atoms with Crippen LogP contribution in [0.3, 0.4) is 0 Å². The lowest BCUT2D eigenvalue weighted by Gasteiger charge is -2.31. The highest BCUT2D eigenvalue weighted by molar-refractivity contribution is 5.87. The van der Waals surface area contributed by atoms with Crippen LogP contribution >= 0.6 is 0 Å². The Bertz CT molecular complexity index is 905. The number of aryl methyl sites for hydroxylation is 1. The SMILES string of the molecule is COC(=O)N[C@H](C(=O)N1C2CC2C[C@H]1c1ncc(-c2ccc(C)cc2)[nH]1)C(C)C. The average Bonchev–Trinajstić information content (AvgIpc) is 3.14. The average molecular weight is 396 g/mol. The number of likely N-dealkylation sites (tertiary alicyclic amines) is 1. The number of rotatable bonds is 5. The van der Waals surface area contributed by atoms with Crippen molar-refractivity contribution in [1.29, 1.82) is 0 Å². The van der Waals surface area contributed by atoms with Gasteiger partial charge in [0.05, 0.1) is 25.0 Å². The van der Waals surface area contributed by atoms with Gasteiger partial charge < -0.3 is 19.9 Å². The molecule has 2 fully saturated rings. The highest BCUT2D eigenvalue weighted by Gasteiger charge is 2.56. The van der Waals surface area contributed by atoms with E-state index in [0.29, 0.717) is 5.92 Å². The van der Waals surface area contributed by atoms with Crippen LogP contribution in [0.4, 0.5) is 4.79 Å². The van der Waals surface area contributed by atoms with Gasteiger partial charge in [-0.15, -0.1) is 0 Å². The summed E-state index contributed by atoms with van der Waals surface area (Å²) in [6.45, 7) is 5.91. The molecule has 2 heterocycles. The van der Waals surface area contributed by atoms with Crippen LogP contribution in [0.25, 0.3) is 11.3 Å². The molecule has 1 aliphatic heterocycles. The van der Waals surface area contributed by atoms with Crippen molar-refractivity contribution in [2.75, 3.05) is 7.11 Å². The first-order valence-corrected chi connectivity index (χ1v) is 10.2. The van der Waals surface area contributed by atoms with Crippen LogP contribution in [0.15, 0.2) is 30.5 Å². The standard InChI is InChI=1S/C22H28N4O3/c1-12(2)19(25-22(28)29-4)21(27)26-17-9-15(17)10-18(26)20-23-11-16(24-20)14-7-5-13(3)6-8-14/h5-8,11-12,15,17-19H,9-10H2,1-4H3,(H,23,24)(H,25,28)/t15?,17?,18-,19-/m0/s1. The van der Waals surface area contributed by atoms with Crippen molar-refractivity contribution in [1.82, 2.24) is 20.2 Å². The van der Waals surface area contributed by atoms with Gasteiger partial charge in [-0.25, -0.2) is 9.78 Å². The smallest absolute Gasteiger partial charge is 0.407 e. The molecular formula is C22H28N4O3. The summed E-state index contributed by atoms with van der Waals surface area (Å²) in [5.41, 5.74) is 3.22. The second kappa shape index (κ2) is 7.54. The number of hydrogen-bond donors (Lipinski definition) is 2. The Kier molecular flexibility index (Phi) is 5.06. The normalized spacial score (nSPS) is 23.6. The number of imidazole rings is 1. The summed E-state index contributed by atoms with van der Waals surface area (Å²) in [4.78, 5) is 35.1. The number of H-pyrrole nitrogens is 1. The molecule has 4 atom stereocenters. The minimum absolute atomic E-state index is 0.0419. The molecule has 2 amide bonds. The lowest BCUT2D eigenvalue weighted by molar-refractivity contribution is -0.136. The van der Waals surface area contributed by atoms with Crippen LogP contribution in [-0.4, -0.2) is 46.1 Å². The summed E-state index contributed by atoms with van der Waals surface area (Å²) in [6.07, 6.45) is 3.18. The Morgan fingerprint density at radius 2 is 1.97 bits per heavy atom. The van der Waals surface area contributed by atoms with E-state index in [-0.39, 0.29) is 23.9 Å². The number of fused-ring (bicyclic) bond motifs is 1. The number of nitrogens with zero attached hydrogens (tertiary/aromatic N) is 2. The van der Waals surface area contributed by atoms with Gasteiger partial charge in [-0.2, -0.15) is 0 Å². The molecule has 2 N–H and O–H groups in total. The number of aromatic amines is 1. The van der Waals surface area contributed by atoms with Crippen molar-refractivity contribution in [3.8, 4) is 11.3 Å². The van der Waals surface area contributed by atoms with Gasteiger partial charge >= 0.3 is 6.09 Å². The number of aromatic nitrogens is 2. The molecule has 7 heteroatoms. The molecule has 1 saturated heterocycles. The number of benzene rings is 1. The van der Waals surface area contributed by atoms with Crippen LogP contribution in [-0.2, 0) is 9.53 Å². The molecule has 4 rings (SSSR count). The monoisotopic (exact) mass is 396 g/mol. The number of methoxy groups -OCH3 is 1. The van der Waals surface area contributed by atoms with Gasteiger partial charge in [-0.1, -0.05) is 43.7 Å². The minimum Gasteiger partial charge on any atom is -0.453 e. The van der Waals surface area contributed by atoms with E-state index in [1.165, 1.54) is 12.7 Å². The maximum atomic E-state index is 13.4. The predicted molar refractivity (Wildman–Crippen MR) is 109 cm³/mol. The summed E-state index contributed by atoms with van der Waals surface area (Å²) in [5, 5.41) is 2.71. The minimum atomic E-state index is -0.615. The van der Waals surface area contributed by atoms with E-state index in [4.69, 9.17) is 4.74 Å². The van der Waals surface area contributed by atoms with Crippen LogP contribution < -0.4 is 5.32 Å². The van der Waals surface area contributed by atoms with E-state index in [1.54, 1.807) is 0 Å². The Balaban J connectivity index is 1.57. The topological polar surface area (TPSA) is 87.3 Å². The number of carbonyl (C=O) groups is 2. The van der Waals surface area contributed by atoms with Gasteiger partial charge in [0.25, 0.3) is 0 Å². The van der Waals surface area contributed by atoms with Gasteiger partial charge in [0.2, 0.25) is 5.91 Å². The van der Waals surface area contributed by atoms with Crippen molar-refractivity contribution in [3.63, 3.8) is 0 Å². The first-order valence-electron chi connectivity index (χ1n) is 10.2. The van der Waals surface area contributed by atoms with Crippen molar-refractivity contribution in [2.45, 2.75) is 51.7 Å². The lowest BCUT2D eigenvalue weighted by Crippen LogP contribution is -2.52. The molecule has 154 valence electrons. The third-order valence-corrected chi connectivity index (χ3v) is 6.02. The largest absolute Gasteiger partial charge is 0.453 e. The molecule has 29 heavy (non-hydrogen) atoms. The fourth-order valence-corrected chi connectivity index (χ4v) is 4.26. The van der Waals surface area contributed by atoms with E-state index in [1.807, 2.05) is 24.9 Å². The number of nitrogens with one attached hydrogen (secondary N) is 2. The van der Waals surface area contributed by atoms with Crippen molar-refractivity contribution in [3.05, 3.63) is 41.9 Å². The summed E-state index contributed by atoms with van der Waals surface area (Å²) in [5.74, 6) is 1.22. The second-order valence-electron chi connectivity index (χ2n) is 8.47. The third kappa shape index (κ3) is 3.73. The highest BCUT2D eigenvalue weighted by Crippen LogP contribution is 2.53. The molecule has 2 aliphatic rings. The number of hydrogen-bond acceptors (Lipinski definition) is 4. The van der Waals surface area contributed by atoms with Crippen molar-refractivity contribution >= 4 is 12.0 Å². The molecule has 1 aliphatic carbocycles. The first kappa shape index (κ1) is 19.5. The Morgan fingerprint density at radius 3 is 2.62 bits per heavy atom. The first-order chi connectivity index (χ1) is 13.9. The molecule has 0 radical (unpaired) electrons. The van der Waals surface area contributed by atoms with Gasteiger partial charge in [0.15, 0.2) is 0 Å². The van der Waals surface area contributed by atoms with Gasteiger partial charge in [-0.05, 0) is 37.2 Å². The maximum Gasteiger partial charge on any atom is 0.407 e. The van der Waals surface area contributed by atoms with Crippen LogP contribution in [0.1, 0.15) is 44.1 Å². The van der Waals surface area contributed by atoms with E-state index in [2.05, 4.69) is 46.5 Å². The van der Waals surface area contributed by atoms with Gasteiger partial charge in [0, 0.05) is 6.04 Å². The Morgan fingerprint density at radius 1 is 1.24 bits per heavy atom. The lowest BCUT2D eigenvalue weighted by atomic mass is 10.0. The van der Waals surface area contributed by atoms with Crippen molar-refractivity contribution < 1.29 is 14.3 Å². The number of amides is 2. The second-order valence-corrected chi connectivity index (χ2v) is 8.47. The summed E-state index contributed by atoms with van der Waals surface area (Å²) >= 11 is 0. The summed E-state index contributed by atoms with van der Waals surface area (Å²) in [6, 6.07) is 7.81. The van der Waals surface area contributed by atoms with Crippen molar-refractivity contribution in [2.24, 2.45) is 11.8 Å². The fourth-order valence-electron chi connectivity index (χ4n) is 4.26. The van der Waals surface area contributed by atoms with Crippen LogP contribution in [0.5, 0.6) is 0 Å². The van der Waals surface area contributed by atoms with E-state index in [9.17, 15) is 9.59 Å². The number of carbonyl (C=O) groups excluding carboxylic acids is 2. The molecule has 1 aromatic heterocycles. The predicted octanol–water partition coefficient (Wildman–Crippen LogP) is 3.43. The number of alkyl carbamates (subject to hydrolysis) is 1. The maximum absolute atomic E-state index is 13.4. The number of piperidine rings is 1. The fraction of sp³-hybridized carbons (Fsp3) is 0.500. The van der Waals surface area contributed by atoms with Crippen LogP contribution in [0, 0.1) is 18.8 Å². The summed E-state index contributed by atoms with van der Waals surface area (Å²) < 4.78 is 4.71. The zero-order chi connectivity index (χ0) is 20.7. The molecule has 1 aromatic carbocycles. The van der Waals surface area contributed by atoms with E-state index >= 15 is 0 Å². The Labute approximate surface area is 170 Å². The zero-order valence-corrected chi connectivity index (χ0v) is 17.3. The zero-order valence-electron chi connectivity index (χ0n) is 17.3. The van der Waals surface area contributed by atoms with Gasteiger partial charge in [-0.3, -0.25) is 4.79 Å². The highest BCUT2D eigenvalue weighted by atomic mass is 16.5. The molecular weight excluding hydrogens is 368 g/mol. The number of ether oxygens (including phenoxy) is 1. The molecule has 2 aromatic rings. The molecule has 2 unspecified atom stereocenters. The molecule has 0 spiro atoms. The van der Waals surface area contributed by atoms with Crippen LogP contribution in [0.2, 0.25) is 0 Å². The molecule has 0 bridgehead atoms. The molecule has 7 nitrogen and oxygen atoms in total. The molecule has 1 saturated carbocycles. The van der Waals surface area contributed by atoms with Gasteiger partial charge in [0.1, 0.15) is 11.9 Å². The third-order valence-electron chi connectivity index (χ3n) is 6.02. The summed E-state index contributed by atoms with van der Waals surface area (Å²) in [7, 11) is 1.31. The van der Waals surface area contributed by atoms with E-state index in [0.717, 1.165) is 29.9 Å². The van der Waals surface area contributed by atoms with E-state index < -0.39 is 12.1 Å².